The molecular weight excluding hydrogens is 327 g/mol. The molecule has 0 aliphatic rings. The zero-order chi connectivity index (χ0) is 12.3. The molecule has 0 aliphatic heterocycles. The Kier molecular flexibility index (Phi) is 3.88. The lowest BCUT2D eigenvalue weighted by Crippen LogP contribution is -2.09. The highest BCUT2D eigenvalue weighted by atomic mass is 127. The van der Waals surface area contributed by atoms with Gasteiger partial charge in [0.25, 0.3) is 0 Å². The smallest absolute Gasteiger partial charge is 0.0492 e. The number of nitrogens with zero attached hydrogens (tertiary/aromatic N) is 2. The average molecular weight is 342 g/mol. The van der Waals surface area contributed by atoms with E-state index in [1.54, 1.807) is 0 Å². The fourth-order valence-electron chi connectivity index (χ4n) is 1.65. The summed E-state index contributed by atoms with van der Waals surface area (Å²) in [5, 5.41) is 7.54. The highest BCUT2D eigenvalue weighted by Crippen LogP contribution is 2.20. The van der Waals surface area contributed by atoms with Crippen LogP contribution in [0.2, 0.25) is 0 Å². The van der Waals surface area contributed by atoms with Gasteiger partial charge < -0.3 is 11.1 Å². The number of benzene rings is 1. The molecule has 1 heterocycles. The van der Waals surface area contributed by atoms with Crippen molar-refractivity contribution in [3.8, 4) is 0 Å². The molecule has 1 aromatic carbocycles. The van der Waals surface area contributed by atoms with Gasteiger partial charge in [-0.25, -0.2) is 0 Å². The lowest BCUT2D eigenvalue weighted by atomic mass is 10.2. The highest BCUT2D eigenvalue weighted by Gasteiger charge is 2.01. The molecular formula is C12H15IN4. The van der Waals surface area contributed by atoms with Crippen molar-refractivity contribution >= 4 is 34.0 Å². The summed E-state index contributed by atoms with van der Waals surface area (Å²) in [6.45, 7) is 0.888. The van der Waals surface area contributed by atoms with Gasteiger partial charge in [-0.15, -0.1) is 0 Å². The maximum Gasteiger partial charge on any atom is 0.0492 e. The number of halogens is 1. The maximum atomic E-state index is 5.71. The van der Waals surface area contributed by atoms with Crippen molar-refractivity contribution in [3.05, 3.63) is 39.7 Å². The minimum atomic E-state index is 0.798. The van der Waals surface area contributed by atoms with E-state index in [1.807, 2.05) is 42.2 Å². The summed E-state index contributed by atoms with van der Waals surface area (Å²) in [7, 11) is 1.96. The molecule has 0 amide bonds. The van der Waals surface area contributed by atoms with Crippen molar-refractivity contribution in [2.75, 3.05) is 17.6 Å². The second-order valence-electron chi connectivity index (χ2n) is 3.86. The summed E-state index contributed by atoms with van der Waals surface area (Å²) in [5.41, 5.74) is 8.86. The molecule has 1 aromatic heterocycles. The van der Waals surface area contributed by atoms with Crippen molar-refractivity contribution in [2.24, 2.45) is 7.05 Å². The number of aromatic nitrogens is 2. The van der Waals surface area contributed by atoms with Crippen LogP contribution in [-0.2, 0) is 13.5 Å². The van der Waals surface area contributed by atoms with Gasteiger partial charge in [-0.2, -0.15) is 5.10 Å². The minimum absolute atomic E-state index is 0.798. The highest BCUT2D eigenvalue weighted by molar-refractivity contribution is 14.1. The Balaban J connectivity index is 1.92. The number of nitrogens with one attached hydrogen (secondary N) is 1. The Bertz CT molecular complexity index is 507. The van der Waals surface area contributed by atoms with E-state index < -0.39 is 0 Å². The van der Waals surface area contributed by atoms with Crippen LogP contribution >= 0.6 is 22.6 Å². The summed E-state index contributed by atoms with van der Waals surface area (Å²) < 4.78 is 3.04. The van der Waals surface area contributed by atoms with Crippen LogP contribution in [0, 0.1) is 3.57 Å². The summed E-state index contributed by atoms with van der Waals surface area (Å²) in [6.07, 6.45) is 2.78. The van der Waals surface area contributed by atoms with Crippen LogP contribution < -0.4 is 11.1 Å². The molecule has 0 unspecified atom stereocenters. The first kappa shape index (κ1) is 12.2. The molecule has 0 spiro atoms. The molecule has 4 nitrogen and oxygen atoms in total. The summed E-state index contributed by atoms with van der Waals surface area (Å²) in [6, 6.07) is 7.93. The van der Waals surface area contributed by atoms with Crippen LogP contribution in [-0.4, -0.2) is 16.3 Å². The average Bonchev–Trinajstić information content (AvgIpc) is 2.68. The van der Waals surface area contributed by atoms with Crippen LogP contribution in [0.1, 0.15) is 5.69 Å². The predicted octanol–water partition coefficient (Wildman–Crippen LogP) is 2.26. The van der Waals surface area contributed by atoms with Gasteiger partial charge in [0.15, 0.2) is 0 Å². The van der Waals surface area contributed by atoms with E-state index >= 15 is 0 Å². The second-order valence-corrected chi connectivity index (χ2v) is 5.02. The second kappa shape index (κ2) is 5.39. The van der Waals surface area contributed by atoms with E-state index in [2.05, 4.69) is 33.0 Å². The van der Waals surface area contributed by atoms with Crippen molar-refractivity contribution < 1.29 is 0 Å². The number of nitrogen functional groups attached to an aromatic ring is 1. The number of nitrogens with two attached hydrogens (primary N) is 1. The molecule has 2 aromatic rings. The third-order valence-electron chi connectivity index (χ3n) is 2.61. The fourth-order valence-corrected chi connectivity index (χ4v) is 2.38. The number of rotatable bonds is 4. The van der Waals surface area contributed by atoms with Crippen LogP contribution in [0.4, 0.5) is 11.4 Å². The zero-order valence-electron chi connectivity index (χ0n) is 9.65. The van der Waals surface area contributed by atoms with Gasteiger partial charge in [-0.1, -0.05) is 0 Å². The zero-order valence-corrected chi connectivity index (χ0v) is 11.8. The van der Waals surface area contributed by atoms with E-state index in [0.29, 0.717) is 0 Å². The monoisotopic (exact) mass is 342 g/mol. The Labute approximate surface area is 114 Å². The topological polar surface area (TPSA) is 55.9 Å². The molecule has 90 valence electrons. The molecule has 17 heavy (non-hydrogen) atoms. The molecule has 0 aliphatic carbocycles. The van der Waals surface area contributed by atoms with Crippen LogP contribution in [0.5, 0.6) is 0 Å². The van der Waals surface area contributed by atoms with E-state index in [-0.39, 0.29) is 0 Å². The molecule has 0 atom stereocenters. The molecule has 0 fully saturated rings. The standard InChI is InChI=1S/C12H15IN4/c1-17-10(5-7-16-17)4-6-15-12-3-2-9(14)8-11(12)13/h2-3,5,7-8,15H,4,6,14H2,1H3. The van der Waals surface area contributed by atoms with Gasteiger partial charge >= 0.3 is 0 Å². The number of hydrogen-bond donors (Lipinski definition) is 2. The van der Waals surface area contributed by atoms with Gasteiger partial charge in [0.1, 0.15) is 0 Å². The summed E-state index contributed by atoms with van der Waals surface area (Å²) in [4.78, 5) is 0. The molecule has 3 N–H and O–H groups in total. The van der Waals surface area contributed by atoms with Crippen molar-refractivity contribution in [1.29, 1.82) is 0 Å². The van der Waals surface area contributed by atoms with Crippen molar-refractivity contribution in [2.45, 2.75) is 6.42 Å². The first-order valence-corrected chi connectivity index (χ1v) is 6.50. The molecule has 5 heteroatoms. The van der Waals surface area contributed by atoms with Crippen LogP contribution in [0.3, 0.4) is 0 Å². The van der Waals surface area contributed by atoms with Crippen molar-refractivity contribution in [1.82, 2.24) is 9.78 Å². The van der Waals surface area contributed by atoms with Gasteiger partial charge in [-0.05, 0) is 46.9 Å². The third-order valence-corrected chi connectivity index (χ3v) is 3.50. The summed E-state index contributed by atoms with van der Waals surface area (Å²) in [5.74, 6) is 0. The fraction of sp³-hybridized carbons (Fsp3) is 0.250. The third kappa shape index (κ3) is 3.12. The Hall–Kier alpha value is -1.24. The predicted molar refractivity (Wildman–Crippen MR) is 79.0 cm³/mol. The number of hydrogen-bond acceptors (Lipinski definition) is 3. The largest absolute Gasteiger partial charge is 0.399 e. The molecule has 2 rings (SSSR count). The Morgan fingerprint density at radius 3 is 2.88 bits per heavy atom. The number of anilines is 2. The molecule has 0 bridgehead atoms. The SMILES string of the molecule is Cn1nccc1CCNc1ccc(N)cc1I. The van der Waals surface area contributed by atoms with Gasteiger partial charge in [0.05, 0.1) is 0 Å². The maximum absolute atomic E-state index is 5.71. The van der Waals surface area contributed by atoms with E-state index in [9.17, 15) is 0 Å². The first-order valence-electron chi connectivity index (χ1n) is 5.42. The van der Waals surface area contributed by atoms with Gasteiger partial charge in [0.2, 0.25) is 0 Å². The quantitative estimate of drug-likeness (QED) is 0.662. The van der Waals surface area contributed by atoms with E-state index in [1.165, 1.54) is 5.69 Å². The Morgan fingerprint density at radius 2 is 2.24 bits per heavy atom. The van der Waals surface area contributed by atoms with E-state index in [0.717, 1.165) is 27.9 Å². The van der Waals surface area contributed by atoms with Crippen LogP contribution in [0.15, 0.2) is 30.5 Å². The van der Waals surface area contributed by atoms with Crippen LogP contribution in [0.25, 0.3) is 0 Å². The normalized spacial score (nSPS) is 10.5. The first-order chi connectivity index (χ1) is 8.16. The molecule has 0 saturated heterocycles. The lowest BCUT2D eigenvalue weighted by molar-refractivity contribution is 0.711. The molecule has 0 radical (unpaired) electrons. The minimum Gasteiger partial charge on any atom is -0.399 e. The van der Waals surface area contributed by atoms with E-state index in [4.69, 9.17) is 5.73 Å². The van der Waals surface area contributed by atoms with Gasteiger partial charge in [-0.3, -0.25) is 4.68 Å². The lowest BCUT2D eigenvalue weighted by Gasteiger charge is -2.09. The Morgan fingerprint density at radius 1 is 1.41 bits per heavy atom. The van der Waals surface area contributed by atoms with Gasteiger partial charge in [0, 0.05) is 46.8 Å². The summed E-state index contributed by atoms with van der Waals surface area (Å²) >= 11 is 2.29. The van der Waals surface area contributed by atoms with Crippen molar-refractivity contribution in [3.63, 3.8) is 0 Å². The number of aryl methyl sites for hydroxylation is 1. The molecule has 0 saturated carbocycles.